The second kappa shape index (κ2) is 5.67. The summed E-state index contributed by atoms with van der Waals surface area (Å²) in [5.41, 5.74) is 0. The van der Waals surface area contributed by atoms with E-state index in [0.29, 0.717) is 11.9 Å². The van der Waals surface area contributed by atoms with E-state index in [0.717, 1.165) is 26.1 Å². The summed E-state index contributed by atoms with van der Waals surface area (Å²) in [4.78, 5) is 14.5. The summed E-state index contributed by atoms with van der Waals surface area (Å²) in [5.74, 6) is 0.638. The Labute approximate surface area is 98.6 Å². The number of hydrogen-bond donors (Lipinski definition) is 1. The number of hydrogen-bond acceptors (Lipinski definition) is 2. The monoisotopic (exact) mass is 224 g/mol. The Kier molecular flexibility index (Phi) is 4.22. The molecule has 16 heavy (non-hydrogen) atoms. The maximum atomic E-state index is 12.4. The number of nitrogens with zero attached hydrogens (tertiary/aromatic N) is 1. The molecule has 0 spiro atoms. The highest BCUT2D eigenvalue weighted by atomic mass is 16.2. The van der Waals surface area contributed by atoms with Crippen LogP contribution in [0.1, 0.15) is 45.4 Å². The highest BCUT2D eigenvalue weighted by Crippen LogP contribution is 2.20. The molecular weight excluding hydrogens is 200 g/mol. The van der Waals surface area contributed by atoms with E-state index in [2.05, 4.69) is 17.1 Å². The third-order valence-corrected chi connectivity index (χ3v) is 4.01. The van der Waals surface area contributed by atoms with E-state index in [1.54, 1.807) is 0 Å². The summed E-state index contributed by atoms with van der Waals surface area (Å²) >= 11 is 0. The van der Waals surface area contributed by atoms with Gasteiger partial charge >= 0.3 is 0 Å². The Morgan fingerprint density at radius 3 is 2.31 bits per heavy atom. The van der Waals surface area contributed by atoms with E-state index in [1.165, 1.54) is 32.1 Å². The molecule has 0 aromatic carbocycles. The average Bonchev–Trinajstić information content (AvgIpc) is 2.63. The van der Waals surface area contributed by atoms with Gasteiger partial charge in [-0.15, -0.1) is 0 Å². The minimum Gasteiger partial charge on any atom is -0.342 e. The lowest BCUT2D eigenvalue weighted by Crippen LogP contribution is -2.41. The minimum absolute atomic E-state index is 0.236. The van der Waals surface area contributed by atoms with Crippen molar-refractivity contribution in [2.75, 3.05) is 19.6 Å². The summed E-state index contributed by atoms with van der Waals surface area (Å²) in [6, 6.07) is 0.373. The number of rotatable bonds is 1. The zero-order valence-electron chi connectivity index (χ0n) is 10.4. The molecule has 0 aromatic rings. The van der Waals surface area contributed by atoms with Gasteiger partial charge < -0.3 is 10.2 Å². The van der Waals surface area contributed by atoms with Gasteiger partial charge in [0.05, 0.1) is 5.92 Å². The Hall–Kier alpha value is -0.570. The van der Waals surface area contributed by atoms with Crippen LogP contribution in [0.25, 0.3) is 0 Å². The van der Waals surface area contributed by atoms with Crippen molar-refractivity contribution in [1.82, 2.24) is 10.2 Å². The van der Waals surface area contributed by atoms with Gasteiger partial charge in [-0.25, -0.2) is 0 Å². The number of carbonyl (C=O) groups is 1. The predicted molar refractivity (Wildman–Crippen MR) is 65.2 cm³/mol. The zero-order valence-corrected chi connectivity index (χ0v) is 10.4. The fourth-order valence-electron chi connectivity index (χ4n) is 2.90. The van der Waals surface area contributed by atoms with Gasteiger partial charge in [0.2, 0.25) is 5.91 Å². The van der Waals surface area contributed by atoms with Crippen LogP contribution >= 0.6 is 0 Å². The van der Waals surface area contributed by atoms with Gasteiger partial charge in [0, 0.05) is 19.1 Å². The maximum Gasteiger partial charge on any atom is 0.227 e. The SMILES string of the molecule is CC1NCCC1C(=O)N1CCCCCCC1. The number of amides is 1. The molecule has 92 valence electrons. The van der Waals surface area contributed by atoms with E-state index in [4.69, 9.17) is 0 Å². The third-order valence-electron chi connectivity index (χ3n) is 4.01. The largest absolute Gasteiger partial charge is 0.342 e. The summed E-state index contributed by atoms with van der Waals surface area (Å²) in [5, 5.41) is 3.37. The normalized spacial score (nSPS) is 32.2. The minimum atomic E-state index is 0.236. The summed E-state index contributed by atoms with van der Waals surface area (Å²) in [6.45, 7) is 5.12. The summed E-state index contributed by atoms with van der Waals surface area (Å²) in [7, 11) is 0. The first-order valence-corrected chi connectivity index (χ1v) is 6.81. The van der Waals surface area contributed by atoms with Gasteiger partial charge in [0.1, 0.15) is 0 Å². The van der Waals surface area contributed by atoms with Gasteiger partial charge in [0.15, 0.2) is 0 Å². The van der Waals surface area contributed by atoms with Crippen LogP contribution in [-0.4, -0.2) is 36.5 Å². The van der Waals surface area contributed by atoms with Crippen molar-refractivity contribution in [3.8, 4) is 0 Å². The molecule has 0 saturated carbocycles. The van der Waals surface area contributed by atoms with Crippen LogP contribution in [-0.2, 0) is 4.79 Å². The van der Waals surface area contributed by atoms with Crippen LogP contribution in [0, 0.1) is 5.92 Å². The smallest absolute Gasteiger partial charge is 0.227 e. The van der Waals surface area contributed by atoms with E-state index >= 15 is 0 Å². The molecule has 0 bridgehead atoms. The van der Waals surface area contributed by atoms with E-state index in [9.17, 15) is 4.79 Å². The van der Waals surface area contributed by atoms with Gasteiger partial charge in [-0.1, -0.05) is 19.3 Å². The Bertz CT molecular complexity index is 234. The maximum absolute atomic E-state index is 12.4. The summed E-state index contributed by atoms with van der Waals surface area (Å²) < 4.78 is 0. The number of nitrogens with one attached hydrogen (secondary N) is 1. The van der Waals surface area contributed by atoms with Gasteiger partial charge in [0.25, 0.3) is 0 Å². The van der Waals surface area contributed by atoms with Gasteiger partial charge in [-0.05, 0) is 32.7 Å². The fraction of sp³-hybridized carbons (Fsp3) is 0.923. The van der Waals surface area contributed by atoms with Crippen LogP contribution in [0.5, 0.6) is 0 Å². The van der Waals surface area contributed by atoms with Crippen molar-refractivity contribution in [1.29, 1.82) is 0 Å². The zero-order chi connectivity index (χ0) is 11.4. The molecule has 2 aliphatic rings. The number of carbonyl (C=O) groups excluding carboxylic acids is 1. The van der Waals surface area contributed by atoms with E-state index < -0.39 is 0 Å². The Balaban J connectivity index is 1.91. The van der Waals surface area contributed by atoms with Crippen molar-refractivity contribution < 1.29 is 4.79 Å². The van der Waals surface area contributed by atoms with Crippen molar-refractivity contribution in [3.05, 3.63) is 0 Å². The summed E-state index contributed by atoms with van der Waals surface area (Å²) in [6.07, 6.45) is 7.35. The second-order valence-corrected chi connectivity index (χ2v) is 5.23. The molecule has 2 saturated heterocycles. The molecule has 2 heterocycles. The van der Waals surface area contributed by atoms with Gasteiger partial charge in [-0.2, -0.15) is 0 Å². The molecule has 3 heteroatoms. The van der Waals surface area contributed by atoms with E-state index in [-0.39, 0.29) is 5.92 Å². The second-order valence-electron chi connectivity index (χ2n) is 5.23. The first-order valence-electron chi connectivity index (χ1n) is 6.81. The molecule has 0 aliphatic carbocycles. The highest BCUT2D eigenvalue weighted by molar-refractivity contribution is 5.79. The molecule has 2 fully saturated rings. The molecule has 1 amide bonds. The lowest BCUT2D eigenvalue weighted by atomic mass is 9.99. The molecule has 2 aliphatic heterocycles. The molecule has 0 radical (unpaired) electrons. The third kappa shape index (κ3) is 2.76. The molecular formula is C13H24N2O. The Morgan fingerprint density at radius 1 is 1.12 bits per heavy atom. The molecule has 2 unspecified atom stereocenters. The quantitative estimate of drug-likeness (QED) is 0.736. The van der Waals surface area contributed by atoms with Crippen LogP contribution in [0.4, 0.5) is 0 Å². The lowest BCUT2D eigenvalue weighted by Gasteiger charge is -2.28. The average molecular weight is 224 g/mol. The topological polar surface area (TPSA) is 32.3 Å². The van der Waals surface area contributed by atoms with Crippen LogP contribution in [0.15, 0.2) is 0 Å². The molecule has 1 N–H and O–H groups in total. The van der Waals surface area contributed by atoms with Crippen LogP contribution < -0.4 is 5.32 Å². The van der Waals surface area contributed by atoms with Crippen LogP contribution in [0.2, 0.25) is 0 Å². The van der Waals surface area contributed by atoms with E-state index in [1.807, 2.05) is 0 Å². The predicted octanol–water partition coefficient (Wildman–Crippen LogP) is 1.78. The fourth-order valence-corrected chi connectivity index (χ4v) is 2.90. The number of likely N-dealkylation sites (tertiary alicyclic amines) is 1. The molecule has 3 nitrogen and oxygen atoms in total. The first-order chi connectivity index (χ1) is 7.79. The Morgan fingerprint density at radius 2 is 1.75 bits per heavy atom. The van der Waals surface area contributed by atoms with Crippen molar-refractivity contribution in [2.24, 2.45) is 5.92 Å². The molecule has 0 aromatic heterocycles. The standard InChI is InChI=1S/C13H24N2O/c1-11-12(7-8-14-11)13(16)15-9-5-3-2-4-6-10-15/h11-12,14H,2-10H2,1H3. The van der Waals surface area contributed by atoms with Gasteiger partial charge in [-0.3, -0.25) is 4.79 Å². The molecule has 2 atom stereocenters. The van der Waals surface area contributed by atoms with Crippen molar-refractivity contribution in [3.63, 3.8) is 0 Å². The lowest BCUT2D eigenvalue weighted by molar-refractivity contribution is -0.136. The van der Waals surface area contributed by atoms with Crippen molar-refractivity contribution >= 4 is 5.91 Å². The molecule has 2 rings (SSSR count). The van der Waals surface area contributed by atoms with Crippen molar-refractivity contribution in [2.45, 2.75) is 51.5 Å². The van der Waals surface area contributed by atoms with Crippen LogP contribution in [0.3, 0.4) is 0 Å². The highest BCUT2D eigenvalue weighted by Gasteiger charge is 2.32. The first kappa shape index (κ1) is 11.9.